The fourth-order valence-corrected chi connectivity index (χ4v) is 5.81. The average Bonchev–Trinajstić information content (AvgIpc) is 3.39. The van der Waals surface area contributed by atoms with E-state index < -0.39 is 22.4 Å². The minimum absolute atomic E-state index is 0.0401. The number of rotatable bonds is 7. The first kappa shape index (κ1) is 23.3. The fourth-order valence-electron chi connectivity index (χ4n) is 4.08. The molecule has 2 saturated heterocycles. The normalized spacial score (nSPS) is 21.3. The number of ether oxygens (including phenoxy) is 1. The van der Waals surface area contributed by atoms with Crippen molar-refractivity contribution in [2.75, 3.05) is 37.7 Å². The van der Waals surface area contributed by atoms with E-state index in [0.29, 0.717) is 38.9 Å². The van der Waals surface area contributed by atoms with Crippen molar-refractivity contribution < 1.29 is 32.0 Å². The maximum atomic E-state index is 12.7. The van der Waals surface area contributed by atoms with Gasteiger partial charge in [-0.3, -0.25) is 14.4 Å². The van der Waals surface area contributed by atoms with Crippen molar-refractivity contribution in [1.29, 1.82) is 0 Å². The molecule has 2 amide bonds. The van der Waals surface area contributed by atoms with Crippen LogP contribution < -0.4 is 0 Å². The van der Waals surface area contributed by atoms with Crippen LogP contribution >= 0.6 is 0 Å². The lowest BCUT2D eigenvalue weighted by Crippen LogP contribution is -2.45. The Kier molecular flexibility index (Phi) is 7.40. The van der Waals surface area contributed by atoms with E-state index in [0.717, 1.165) is 0 Å². The minimum atomic E-state index is -3.13. The molecule has 10 heteroatoms. The van der Waals surface area contributed by atoms with Gasteiger partial charge in [0.05, 0.1) is 23.7 Å². The largest absolute Gasteiger partial charge is 0.459 e. The van der Waals surface area contributed by atoms with Crippen molar-refractivity contribution in [3.05, 3.63) is 24.2 Å². The molecular formula is C21H30N2O7S. The standard InChI is InChI=1S/C21H30N2O7S/c1-15(2)12-23(17-7-11-31(27,28)14-17)19(24)13-30-21(26)16-5-8-22(9-6-16)20(25)18-4-3-10-29-18/h3-4,10,15-17H,5-9,11-14H2,1-2H3. The predicted octanol–water partition coefficient (Wildman–Crippen LogP) is 1.35. The van der Waals surface area contributed by atoms with E-state index in [4.69, 9.17) is 9.15 Å². The smallest absolute Gasteiger partial charge is 0.309 e. The number of nitrogens with zero attached hydrogens (tertiary/aromatic N) is 2. The maximum Gasteiger partial charge on any atom is 0.309 e. The summed E-state index contributed by atoms with van der Waals surface area (Å²) in [6.45, 7) is 4.75. The van der Waals surface area contributed by atoms with Gasteiger partial charge in [-0.2, -0.15) is 0 Å². The lowest BCUT2D eigenvalue weighted by atomic mass is 9.97. The van der Waals surface area contributed by atoms with Crippen LogP contribution in [-0.2, 0) is 24.2 Å². The third-order valence-corrected chi connectivity index (χ3v) is 7.47. The molecule has 2 aliphatic heterocycles. The van der Waals surface area contributed by atoms with Crippen molar-refractivity contribution in [2.45, 2.75) is 39.2 Å². The molecule has 9 nitrogen and oxygen atoms in total. The summed E-state index contributed by atoms with van der Waals surface area (Å²) in [6.07, 6.45) is 2.76. The Morgan fingerprint density at radius 1 is 1.23 bits per heavy atom. The van der Waals surface area contributed by atoms with Crippen LogP contribution in [0.3, 0.4) is 0 Å². The Balaban J connectivity index is 1.49. The third kappa shape index (κ3) is 6.09. The molecule has 1 atom stereocenters. The van der Waals surface area contributed by atoms with Crippen molar-refractivity contribution >= 4 is 27.6 Å². The van der Waals surface area contributed by atoms with Crippen molar-refractivity contribution in [2.24, 2.45) is 11.8 Å². The lowest BCUT2D eigenvalue weighted by molar-refractivity contribution is -0.157. The monoisotopic (exact) mass is 454 g/mol. The van der Waals surface area contributed by atoms with E-state index >= 15 is 0 Å². The summed E-state index contributed by atoms with van der Waals surface area (Å²) in [5.74, 6) is -0.932. The fraction of sp³-hybridized carbons (Fsp3) is 0.667. The number of furan rings is 1. The molecule has 1 unspecified atom stereocenters. The first-order valence-electron chi connectivity index (χ1n) is 10.7. The van der Waals surface area contributed by atoms with Gasteiger partial charge in [0, 0.05) is 25.7 Å². The third-order valence-electron chi connectivity index (χ3n) is 5.72. The second kappa shape index (κ2) is 9.84. The van der Waals surface area contributed by atoms with E-state index in [1.54, 1.807) is 21.9 Å². The zero-order valence-corrected chi connectivity index (χ0v) is 18.8. The molecule has 1 aromatic rings. The summed E-state index contributed by atoms with van der Waals surface area (Å²) < 4.78 is 34.1. The van der Waals surface area contributed by atoms with Gasteiger partial charge >= 0.3 is 5.97 Å². The number of amides is 2. The molecule has 0 aliphatic carbocycles. The molecule has 0 saturated carbocycles. The Morgan fingerprint density at radius 3 is 2.48 bits per heavy atom. The first-order chi connectivity index (χ1) is 14.7. The highest BCUT2D eigenvalue weighted by Crippen LogP contribution is 2.22. The number of sulfone groups is 1. The maximum absolute atomic E-state index is 12.7. The molecular weight excluding hydrogens is 424 g/mol. The summed E-state index contributed by atoms with van der Waals surface area (Å²) in [5, 5.41) is 0. The number of carbonyl (C=O) groups is 3. The zero-order valence-electron chi connectivity index (χ0n) is 18.0. The van der Waals surface area contributed by atoms with Crippen LogP contribution in [0.15, 0.2) is 22.8 Å². The number of carbonyl (C=O) groups excluding carboxylic acids is 3. The van der Waals surface area contributed by atoms with E-state index in [2.05, 4.69) is 0 Å². The highest BCUT2D eigenvalue weighted by atomic mass is 32.2. The van der Waals surface area contributed by atoms with Crippen LogP contribution in [-0.4, -0.2) is 79.8 Å². The van der Waals surface area contributed by atoms with Crippen LogP contribution in [0.2, 0.25) is 0 Å². The number of hydrogen-bond acceptors (Lipinski definition) is 7. The predicted molar refractivity (Wildman–Crippen MR) is 112 cm³/mol. The number of hydrogen-bond donors (Lipinski definition) is 0. The number of piperidine rings is 1. The second-order valence-electron chi connectivity index (χ2n) is 8.65. The Bertz CT molecular complexity index is 887. The van der Waals surface area contributed by atoms with Gasteiger partial charge in [0.1, 0.15) is 0 Å². The highest BCUT2D eigenvalue weighted by Gasteiger charge is 2.36. The lowest BCUT2D eigenvalue weighted by Gasteiger charge is -2.31. The van der Waals surface area contributed by atoms with Crippen LogP contribution in [0.5, 0.6) is 0 Å². The summed E-state index contributed by atoms with van der Waals surface area (Å²) in [4.78, 5) is 40.7. The number of esters is 1. The minimum Gasteiger partial charge on any atom is -0.459 e. The topological polar surface area (TPSA) is 114 Å². The Labute approximate surface area is 182 Å². The van der Waals surface area contributed by atoms with E-state index in [1.165, 1.54) is 6.26 Å². The van der Waals surface area contributed by atoms with Crippen molar-refractivity contribution in [3.63, 3.8) is 0 Å². The molecule has 0 bridgehead atoms. The Hall–Kier alpha value is -2.36. The average molecular weight is 455 g/mol. The molecule has 0 radical (unpaired) electrons. The molecule has 31 heavy (non-hydrogen) atoms. The first-order valence-corrected chi connectivity index (χ1v) is 12.5. The molecule has 172 valence electrons. The molecule has 1 aromatic heterocycles. The van der Waals surface area contributed by atoms with E-state index in [-0.39, 0.29) is 47.0 Å². The zero-order chi connectivity index (χ0) is 22.6. The van der Waals surface area contributed by atoms with E-state index in [1.807, 2.05) is 13.8 Å². The summed E-state index contributed by atoms with van der Waals surface area (Å²) in [7, 11) is -3.13. The van der Waals surface area contributed by atoms with E-state index in [9.17, 15) is 22.8 Å². The van der Waals surface area contributed by atoms with Gasteiger partial charge in [-0.1, -0.05) is 13.8 Å². The van der Waals surface area contributed by atoms with Gasteiger partial charge < -0.3 is 19.0 Å². The Morgan fingerprint density at radius 2 is 1.94 bits per heavy atom. The molecule has 3 rings (SSSR count). The molecule has 2 fully saturated rings. The SMILES string of the molecule is CC(C)CN(C(=O)COC(=O)C1CCN(C(=O)c2ccco2)CC1)C1CCS(=O)(=O)C1. The van der Waals surface area contributed by atoms with Crippen molar-refractivity contribution in [1.82, 2.24) is 9.80 Å². The van der Waals surface area contributed by atoms with Crippen LogP contribution in [0.1, 0.15) is 43.7 Å². The molecule has 0 N–H and O–H groups in total. The summed E-state index contributed by atoms with van der Waals surface area (Å²) in [6, 6.07) is 2.89. The van der Waals surface area contributed by atoms with Gasteiger partial charge in [-0.15, -0.1) is 0 Å². The number of likely N-dealkylation sites (tertiary alicyclic amines) is 1. The van der Waals surface area contributed by atoms with Gasteiger partial charge in [-0.05, 0) is 37.3 Å². The quantitative estimate of drug-likeness (QED) is 0.571. The van der Waals surface area contributed by atoms with Crippen LogP contribution in [0.4, 0.5) is 0 Å². The van der Waals surface area contributed by atoms with Gasteiger partial charge in [0.15, 0.2) is 22.2 Å². The molecule has 0 spiro atoms. The molecule has 0 aromatic carbocycles. The van der Waals surface area contributed by atoms with Gasteiger partial charge in [0.25, 0.3) is 11.8 Å². The van der Waals surface area contributed by atoms with Crippen molar-refractivity contribution in [3.8, 4) is 0 Å². The van der Waals surface area contributed by atoms with Gasteiger partial charge in [0.2, 0.25) is 0 Å². The molecule has 2 aliphatic rings. The summed E-state index contributed by atoms with van der Waals surface area (Å²) in [5.41, 5.74) is 0. The second-order valence-corrected chi connectivity index (χ2v) is 10.9. The van der Waals surface area contributed by atoms with Gasteiger partial charge in [-0.25, -0.2) is 8.42 Å². The summed E-state index contributed by atoms with van der Waals surface area (Å²) >= 11 is 0. The van der Waals surface area contributed by atoms with Crippen LogP contribution in [0, 0.1) is 11.8 Å². The van der Waals surface area contributed by atoms with Crippen LogP contribution in [0.25, 0.3) is 0 Å². The molecule has 3 heterocycles. The highest BCUT2D eigenvalue weighted by molar-refractivity contribution is 7.91.